The molecule has 2 aromatic rings. The highest BCUT2D eigenvalue weighted by atomic mass is 32.1. The Morgan fingerprint density at radius 3 is 2.96 bits per heavy atom. The highest BCUT2D eigenvalue weighted by molar-refractivity contribution is 7.80. The Bertz CT molecular complexity index is 711. The van der Waals surface area contributed by atoms with Crippen molar-refractivity contribution in [3.8, 4) is 0 Å². The minimum absolute atomic E-state index is 0.486. The van der Waals surface area contributed by atoms with Crippen LogP contribution >= 0.6 is 23.6 Å². The zero-order valence-corrected chi connectivity index (χ0v) is 16.7. The number of hydrogen-bond acceptors (Lipinski definition) is 5. The van der Waals surface area contributed by atoms with Crippen molar-refractivity contribution >= 4 is 38.9 Å². The van der Waals surface area contributed by atoms with E-state index in [1.54, 1.807) is 0 Å². The van der Waals surface area contributed by atoms with Crippen molar-refractivity contribution in [2.45, 2.75) is 18.8 Å². The van der Waals surface area contributed by atoms with Crippen molar-refractivity contribution in [1.29, 1.82) is 0 Å². The standard InChI is InChI=1S/C19H26N4OS2/c25-19(20-7-9-22-10-12-24-13-11-22)23-8-3-4-15(14-23)18-21-16-5-1-2-6-17(16)26-18/h1-2,5-6,15H,3-4,7-14H2,(H,20,25)/t15-/m0/s1. The number of morpholine rings is 1. The molecule has 1 aromatic carbocycles. The van der Waals surface area contributed by atoms with Crippen LogP contribution < -0.4 is 5.32 Å². The number of ether oxygens (including phenoxy) is 1. The summed E-state index contributed by atoms with van der Waals surface area (Å²) in [5, 5.41) is 5.61. The number of para-hydroxylation sites is 1. The van der Waals surface area contributed by atoms with Gasteiger partial charge in [-0.3, -0.25) is 4.90 Å². The number of rotatable bonds is 4. The highest BCUT2D eigenvalue weighted by Gasteiger charge is 2.25. The van der Waals surface area contributed by atoms with Gasteiger partial charge in [0.1, 0.15) is 0 Å². The lowest BCUT2D eigenvalue weighted by Gasteiger charge is -2.34. The Labute approximate surface area is 164 Å². The monoisotopic (exact) mass is 390 g/mol. The zero-order valence-electron chi connectivity index (χ0n) is 15.0. The van der Waals surface area contributed by atoms with Crippen LogP contribution in [0.1, 0.15) is 23.8 Å². The SMILES string of the molecule is S=C(NCCN1CCOCC1)N1CCC[C@H](c2nc3ccccc3s2)C1. The molecule has 0 spiro atoms. The molecule has 2 fully saturated rings. The third-order valence-electron chi connectivity index (χ3n) is 5.18. The molecular weight excluding hydrogens is 364 g/mol. The molecule has 1 N–H and O–H groups in total. The summed E-state index contributed by atoms with van der Waals surface area (Å²) in [5.41, 5.74) is 1.12. The summed E-state index contributed by atoms with van der Waals surface area (Å²) in [6, 6.07) is 8.42. The van der Waals surface area contributed by atoms with Gasteiger partial charge in [0.25, 0.3) is 0 Å². The van der Waals surface area contributed by atoms with Crippen LogP contribution in [0.15, 0.2) is 24.3 Å². The zero-order chi connectivity index (χ0) is 17.8. The minimum atomic E-state index is 0.486. The molecule has 0 bridgehead atoms. The molecule has 0 radical (unpaired) electrons. The lowest BCUT2D eigenvalue weighted by Crippen LogP contribution is -2.47. The third kappa shape index (κ3) is 4.34. The number of fused-ring (bicyclic) bond motifs is 1. The third-order valence-corrected chi connectivity index (χ3v) is 6.78. The number of piperidine rings is 1. The van der Waals surface area contributed by atoms with Crippen molar-refractivity contribution in [3.05, 3.63) is 29.3 Å². The Morgan fingerprint density at radius 2 is 2.12 bits per heavy atom. The first kappa shape index (κ1) is 18.1. The fourth-order valence-corrected chi connectivity index (χ4v) is 5.05. The topological polar surface area (TPSA) is 40.6 Å². The van der Waals surface area contributed by atoms with E-state index in [4.69, 9.17) is 21.9 Å². The molecule has 5 nitrogen and oxygen atoms in total. The molecule has 1 atom stereocenters. The first-order valence-corrected chi connectivity index (χ1v) is 10.7. The van der Waals surface area contributed by atoms with E-state index in [2.05, 4.69) is 39.4 Å². The number of thiazole rings is 1. The normalized spacial score (nSPS) is 21.8. The van der Waals surface area contributed by atoms with Crippen LogP contribution in [0, 0.1) is 0 Å². The molecule has 0 aliphatic carbocycles. The van der Waals surface area contributed by atoms with Crippen molar-refractivity contribution in [1.82, 2.24) is 20.1 Å². The second kappa shape index (κ2) is 8.61. The Kier molecular flexibility index (Phi) is 5.99. The van der Waals surface area contributed by atoms with Gasteiger partial charge in [0.05, 0.1) is 28.4 Å². The molecule has 0 saturated carbocycles. The maximum atomic E-state index is 5.66. The number of nitrogens with one attached hydrogen (secondary N) is 1. The van der Waals surface area contributed by atoms with Crippen molar-refractivity contribution in [2.24, 2.45) is 0 Å². The molecule has 4 rings (SSSR count). The van der Waals surface area contributed by atoms with Crippen LogP contribution in [0.4, 0.5) is 0 Å². The Hall–Kier alpha value is -1.28. The average molecular weight is 391 g/mol. The van der Waals surface area contributed by atoms with Gasteiger partial charge in [-0.25, -0.2) is 4.98 Å². The lowest BCUT2D eigenvalue weighted by molar-refractivity contribution is 0.0388. The predicted octanol–water partition coefficient (Wildman–Crippen LogP) is 2.68. The summed E-state index contributed by atoms with van der Waals surface area (Å²) in [6.07, 6.45) is 2.37. The summed E-state index contributed by atoms with van der Waals surface area (Å²) in [6.45, 7) is 7.70. The van der Waals surface area contributed by atoms with Crippen molar-refractivity contribution in [2.75, 3.05) is 52.5 Å². The number of thiocarbonyl (C=S) groups is 1. The Morgan fingerprint density at radius 1 is 1.27 bits per heavy atom. The number of benzene rings is 1. The van der Waals surface area contributed by atoms with Crippen LogP contribution in [0.5, 0.6) is 0 Å². The fraction of sp³-hybridized carbons (Fsp3) is 0.579. The van der Waals surface area contributed by atoms with Crippen LogP contribution in [0.3, 0.4) is 0 Å². The molecule has 2 saturated heterocycles. The molecule has 1 aromatic heterocycles. The van der Waals surface area contributed by atoms with Gasteiger partial charge in [-0.05, 0) is 37.2 Å². The summed E-state index contributed by atoms with van der Waals surface area (Å²) in [5.74, 6) is 0.486. The number of nitrogens with zero attached hydrogens (tertiary/aromatic N) is 3. The predicted molar refractivity (Wildman–Crippen MR) is 111 cm³/mol. The molecule has 7 heteroatoms. The van der Waals surface area contributed by atoms with Gasteiger partial charge in [0, 0.05) is 45.2 Å². The summed E-state index contributed by atoms with van der Waals surface area (Å²) >= 11 is 7.50. The summed E-state index contributed by atoms with van der Waals surface area (Å²) in [7, 11) is 0. The molecule has 0 amide bonds. The molecule has 3 heterocycles. The number of likely N-dealkylation sites (tertiary alicyclic amines) is 1. The van der Waals surface area contributed by atoms with Gasteiger partial charge < -0.3 is 15.0 Å². The van der Waals surface area contributed by atoms with Crippen LogP contribution in [-0.2, 0) is 4.74 Å². The second-order valence-electron chi connectivity index (χ2n) is 6.99. The van der Waals surface area contributed by atoms with E-state index in [-0.39, 0.29) is 0 Å². The Balaban J connectivity index is 1.30. The van der Waals surface area contributed by atoms with Crippen LogP contribution in [-0.4, -0.2) is 72.4 Å². The van der Waals surface area contributed by atoms with Crippen LogP contribution in [0.25, 0.3) is 10.2 Å². The molecule has 2 aliphatic heterocycles. The van der Waals surface area contributed by atoms with Gasteiger partial charge in [-0.2, -0.15) is 0 Å². The van der Waals surface area contributed by atoms with Gasteiger partial charge in [-0.1, -0.05) is 12.1 Å². The molecule has 26 heavy (non-hydrogen) atoms. The van der Waals surface area contributed by atoms with E-state index >= 15 is 0 Å². The summed E-state index contributed by atoms with van der Waals surface area (Å²) in [4.78, 5) is 9.62. The van der Waals surface area contributed by atoms with Gasteiger partial charge in [-0.15, -0.1) is 11.3 Å². The quantitative estimate of drug-likeness (QED) is 0.810. The van der Waals surface area contributed by atoms with Gasteiger partial charge >= 0.3 is 0 Å². The molecule has 2 aliphatic rings. The van der Waals surface area contributed by atoms with Gasteiger partial charge in [0.2, 0.25) is 0 Å². The maximum Gasteiger partial charge on any atom is 0.168 e. The first-order chi connectivity index (χ1) is 12.8. The maximum absolute atomic E-state index is 5.66. The molecular formula is C19H26N4OS2. The highest BCUT2D eigenvalue weighted by Crippen LogP contribution is 2.32. The van der Waals surface area contributed by atoms with Crippen LogP contribution in [0.2, 0.25) is 0 Å². The first-order valence-electron chi connectivity index (χ1n) is 9.48. The van der Waals surface area contributed by atoms with E-state index in [9.17, 15) is 0 Å². The van der Waals surface area contributed by atoms with E-state index < -0.39 is 0 Å². The van der Waals surface area contributed by atoms with E-state index in [0.29, 0.717) is 5.92 Å². The second-order valence-corrected chi connectivity index (χ2v) is 8.44. The number of hydrogen-bond donors (Lipinski definition) is 1. The molecule has 140 valence electrons. The largest absolute Gasteiger partial charge is 0.379 e. The lowest BCUT2D eigenvalue weighted by atomic mass is 9.99. The van der Waals surface area contributed by atoms with E-state index in [0.717, 1.165) is 63.1 Å². The van der Waals surface area contributed by atoms with E-state index in [1.165, 1.54) is 22.5 Å². The van der Waals surface area contributed by atoms with Gasteiger partial charge in [0.15, 0.2) is 5.11 Å². The van der Waals surface area contributed by atoms with Crippen molar-refractivity contribution in [3.63, 3.8) is 0 Å². The average Bonchev–Trinajstić information content (AvgIpc) is 3.13. The summed E-state index contributed by atoms with van der Waals surface area (Å²) < 4.78 is 6.68. The minimum Gasteiger partial charge on any atom is -0.379 e. The number of aromatic nitrogens is 1. The van der Waals surface area contributed by atoms with Crippen molar-refractivity contribution < 1.29 is 4.74 Å². The smallest absolute Gasteiger partial charge is 0.168 e. The van der Waals surface area contributed by atoms with E-state index in [1.807, 2.05) is 11.3 Å². The molecule has 0 unspecified atom stereocenters. The fourth-order valence-electron chi connectivity index (χ4n) is 3.69.